The van der Waals surface area contributed by atoms with E-state index in [1.165, 1.54) is 10.5 Å². The maximum atomic E-state index is 13.1. The highest BCUT2D eigenvalue weighted by Crippen LogP contribution is 2.36. The van der Waals surface area contributed by atoms with Gasteiger partial charge in [-0.05, 0) is 50.1 Å². The van der Waals surface area contributed by atoms with E-state index in [0.717, 1.165) is 34.3 Å². The van der Waals surface area contributed by atoms with Crippen LogP contribution >= 0.6 is 11.8 Å². The van der Waals surface area contributed by atoms with E-state index in [-0.39, 0.29) is 11.9 Å². The first-order valence-electron chi connectivity index (χ1n) is 8.52. The summed E-state index contributed by atoms with van der Waals surface area (Å²) in [6, 6.07) is 16.4. The number of thioether (sulfide) groups is 1. The zero-order chi connectivity index (χ0) is 17.4. The van der Waals surface area contributed by atoms with Crippen LogP contribution in [-0.4, -0.2) is 16.6 Å². The van der Waals surface area contributed by atoms with Crippen LogP contribution in [0.2, 0.25) is 0 Å². The van der Waals surface area contributed by atoms with Crippen LogP contribution in [0, 0.1) is 13.8 Å². The van der Waals surface area contributed by atoms with Crippen molar-refractivity contribution in [3.05, 3.63) is 70.9 Å². The van der Waals surface area contributed by atoms with Crippen LogP contribution in [0.1, 0.15) is 39.6 Å². The molecule has 3 nitrogen and oxygen atoms in total. The largest absolute Gasteiger partial charge is 0.345 e. The van der Waals surface area contributed by atoms with Gasteiger partial charge in [0.2, 0.25) is 0 Å². The number of hydrogen-bond acceptors (Lipinski definition) is 3. The van der Waals surface area contributed by atoms with Crippen LogP contribution in [0.25, 0.3) is 10.9 Å². The Kier molecular flexibility index (Phi) is 4.22. The van der Waals surface area contributed by atoms with Crippen molar-refractivity contribution in [2.45, 2.75) is 31.2 Å². The normalized spacial score (nSPS) is 16.5. The number of hydrogen-bond donors (Lipinski definition) is 1. The first-order chi connectivity index (χ1) is 12.1. The minimum atomic E-state index is -0.0206. The summed E-state index contributed by atoms with van der Waals surface area (Å²) in [4.78, 5) is 18.9. The van der Waals surface area contributed by atoms with Crippen molar-refractivity contribution in [1.29, 1.82) is 0 Å². The summed E-state index contributed by atoms with van der Waals surface area (Å²) < 4.78 is 0. The number of pyridine rings is 1. The molecule has 4 heteroatoms. The first-order valence-corrected chi connectivity index (χ1v) is 9.51. The number of aryl methyl sites for hydroxylation is 2. The maximum absolute atomic E-state index is 13.1. The predicted octanol–water partition coefficient (Wildman–Crippen LogP) is 4.82. The molecular formula is C21H20N2OS. The summed E-state index contributed by atoms with van der Waals surface area (Å²) in [5, 5.41) is 4.17. The third kappa shape index (κ3) is 3.14. The topological polar surface area (TPSA) is 42.0 Å². The minimum Gasteiger partial charge on any atom is -0.345 e. The molecule has 1 aliphatic heterocycles. The van der Waals surface area contributed by atoms with Gasteiger partial charge in [0, 0.05) is 21.7 Å². The van der Waals surface area contributed by atoms with Crippen LogP contribution in [0.4, 0.5) is 0 Å². The number of fused-ring (bicyclic) bond motifs is 2. The highest BCUT2D eigenvalue weighted by atomic mass is 32.2. The second kappa shape index (κ2) is 6.52. The molecule has 1 N–H and O–H groups in total. The second-order valence-electron chi connectivity index (χ2n) is 6.53. The third-order valence-electron chi connectivity index (χ3n) is 4.60. The molecule has 0 spiro atoms. The van der Waals surface area contributed by atoms with E-state index in [1.54, 1.807) is 0 Å². The van der Waals surface area contributed by atoms with Crippen LogP contribution in [0.5, 0.6) is 0 Å². The van der Waals surface area contributed by atoms with Crippen molar-refractivity contribution in [2.75, 3.05) is 5.75 Å². The van der Waals surface area contributed by atoms with Crippen molar-refractivity contribution >= 4 is 28.6 Å². The molecule has 1 aliphatic rings. The molecule has 0 saturated carbocycles. The Morgan fingerprint density at radius 3 is 2.88 bits per heavy atom. The molecule has 0 aliphatic carbocycles. The highest BCUT2D eigenvalue weighted by molar-refractivity contribution is 7.99. The van der Waals surface area contributed by atoms with Gasteiger partial charge in [-0.1, -0.05) is 29.8 Å². The maximum Gasteiger partial charge on any atom is 0.252 e. The Labute approximate surface area is 151 Å². The fourth-order valence-electron chi connectivity index (χ4n) is 3.39. The monoisotopic (exact) mass is 348 g/mol. The van der Waals surface area contributed by atoms with Crippen LogP contribution in [0.15, 0.2) is 53.4 Å². The number of carbonyl (C=O) groups excluding carboxylic acids is 1. The smallest absolute Gasteiger partial charge is 0.252 e. The molecule has 2 aromatic carbocycles. The number of benzene rings is 2. The molecule has 0 fully saturated rings. The second-order valence-corrected chi connectivity index (χ2v) is 7.67. The van der Waals surface area contributed by atoms with Crippen LogP contribution in [-0.2, 0) is 0 Å². The number of carbonyl (C=O) groups is 1. The highest BCUT2D eigenvalue weighted by Gasteiger charge is 2.23. The summed E-state index contributed by atoms with van der Waals surface area (Å²) in [5.74, 6) is 1.00. The van der Waals surface area contributed by atoms with Gasteiger partial charge in [0.1, 0.15) is 0 Å². The van der Waals surface area contributed by atoms with E-state index in [9.17, 15) is 4.79 Å². The van der Waals surface area contributed by atoms with Crippen LogP contribution < -0.4 is 5.32 Å². The fourth-order valence-corrected chi connectivity index (χ4v) is 4.51. The number of aromatic nitrogens is 1. The Bertz CT molecular complexity index is 967. The molecule has 0 saturated heterocycles. The average molecular weight is 348 g/mol. The molecule has 0 bridgehead atoms. The number of rotatable bonds is 2. The number of amides is 1. The van der Waals surface area contributed by atoms with Gasteiger partial charge in [-0.15, -0.1) is 11.8 Å². The predicted molar refractivity (Wildman–Crippen MR) is 103 cm³/mol. The molecule has 1 aromatic heterocycles. The molecule has 126 valence electrons. The van der Waals surface area contributed by atoms with E-state index in [2.05, 4.69) is 28.5 Å². The lowest BCUT2D eigenvalue weighted by Gasteiger charge is -2.26. The van der Waals surface area contributed by atoms with E-state index >= 15 is 0 Å². The van der Waals surface area contributed by atoms with Gasteiger partial charge in [-0.25, -0.2) is 0 Å². The molecule has 25 heavy (non-hydrogen) atoms. The lowest BCUT2D eigenvalue weighted by atomic mass is 10.0. The standard InChI is InChI=1S/C21H20N2OS/c1-13-7-8-18-16(11-13)17(12-14(2)22-18)21(24)23-19-9-10-25-20-6-4-3-5-15(19)20/h3-8,11-12,19H,9-10H2,1-2H3,(H,23,24). The summed E-state index contributed by atoms with van der Waals surface area (Å²) in [5.41, 5.74) is 4.79. The lowest BCUT2D eigenvalue weighted by molar-refractivity contribution is 0.0936. The van der Waals surface area contributed by atoms with Gasteiger partial charge in [0.05, 0.1) is 17.1 Å². The van der Waals surface area contributed by atoms with Gasteiger partial charge in [0.25, 0.3) is 5.91 Å². The SMILES string of the molecule is Cc1ccc2nc(C)cc(C(=O)NC3CCSc4ccccc43)c2c1. The van der Waals surface area contributed by atoms with Crippen molar-refractivity contribution in [1.82, 2.24) is 10.3 Å². The fraction of sp³-hybridized carbons (Fsp3) is 0.238. The molecule has 3 aromatic rings. The van der Waals surface area contributed by atoms with Crippen molar-refractivity contribution < 1.29 is 4.79 Å². The average Bonchev–Trinajstić information content (AvgIpc) is 2.61. The minimum absolute atomic E-state index is 0.0206. The summed E-state index contributed by atoms with van der Waals surface area (Å²) in [6.07, 6.45) is 0.953. The van der Waals surface area contributed by atoms with Gasteiger partial charge in [-0.2, -0.15) is 0 Å². The molecular weight excluding hydrogens is 328 g/mol. The van der Waals surface area contributed by atoms with Crippen molar-refractivity contribution in [3.63, 3.8) is 0 Å². The van der Waals surface area contributed by atoms with Crippen molar-refractivity contribution in [2.24, 2.45) is 0 Å². The molecule has 4 rings (SSSR count). The zero-order valence-corrected chi connectivity index (χ0v) is 15.2. The van der Waals surface area contributed by atoms with Gasteiger partial charge >= 0.3 is 0 Å². The van der Waals surface area contributed by atoms with Crippen LogP contribution in [0.3, 0.4) is 0 Å². The summed E-state index contributed by atoms with van der Waals surface area (Å²) in [6.45, 7) is 3.97. The van der Waals surface area contributed by atoms with Gasteiger partial charge in [0.15, 0.2) is 0 Å². The quantitative estimate of drug-likeness (QED) is 0.722. The van der Waals surface area contributed by atoms with Crippen molar-refractivity contribution in [3.8, 4) is 0 Å². The van der Waals surface area contributed by atoms with E-state index in [0.29, 0.717) is 5.56 Å². The Hall–Kier alpha value is -2.33. The lowest BCUT2D eigenvalue weighted by Crippen LogP contribution is -2.30. The number of nitrogens with zero attached hydrogens (tertiary/aromatic N) is 1. The molecule has 2 heterocycles. The molecule has 1 unspecified atom stereocenters. The van der Waals surface area contributed by atoms with Gasteiger partial charge < -0.3 is 5.32 Å². The zero-order valence-electron chi connectivity index (χ0n) is 14.4. The molecule has 0 radical (unpaired) electrons. The Balaban J connectivity index is 1.71. The third-order valence-corrected chi connectivity index (χ3v) is 5.72. The molecule has 1 amide bonds. The Morgan fingerprint density at radius 2 is 2.00 bits per heavy atom. The number of nitrogens with one attached hydrogen (secondary N) is 1. The summed E-state index contributed by atoms with van der Waals surface area (Å²) in [7, 11) is 0. The van der Waals surface area contributed by atoms with E-state index < -0.39 is 0 Å². The summed E-state index contributed by atoms with van der Waals surface area (Å²) >= 11 is 1.86. The first kappa shape index (κ1) is 16.2. The Morgan fingerprint density at radius 1 is 1.16 bits per heavy atom. The molecule has 1 atom stereocenters. The van der Waals surface area contributed by atoms with Gasteiger partial charge in [-0.3, -0.25) is 9.78 Å². The van der Waals surface area contributed by atoms with E-state index in [4.69, 9.17) is 0 Å². The van der Waals surface area contributed by atoms with E-state index in [1.807, 2.05) is 55.9 Å².